The van der Waals surface area contributed by atoms with Gasteiger partial charge in [0.05, 0.1) is 10.6 Å². The first kappa shape index (κ1) is 21.0. The predicted molar refractivity (Wildman–Crippen MR) is 114 cm³/mol. The molecule has 4 aromatic rings. The van der Waals surface area contributed by atoms with Gasteiger partial charge < -0.3 is 0 Å². The largest absolute Gasteiger partial charge is 0.435 e. The van der Waals surface area contributed by atoms with E-state index < -0.39 is 22.9 Å². The van der Waals surface area contributed by atoms with E-state index in [1.807, 2.05) is 32.0 Å². The van der Waals surface area contributed by atoms with Gasteiger partial charge in [-0.25, -0.2) is 8.89 Å². The van der Waals surface area contributed by atoms with E-state index in [1.54, 1.807) is 42.7 Å². The Balaban J connectivity index is 1.77. The molecule has 0 aliphatic carbocycles. The number of aromatic nitrogens is 3. The van der Waals surface area contributed by atoms with Gasteiger partial charge in [0.25, 0.3) is 0 Å². The van der Waals surface area contributed by atoms with Crippen molar-refractivity contribution in [2.45, 2.75) is 30.8 Å². The van der Waals surface area contributed by atoms with Crippen LogP contribution in [-0.2, 0) is 17.2 Å². The average molecular weight is 444 g/mol. The number of anilines is 1. The molecule has 2 heterocycles. The minimum atomic E-state index is -4.64. The highest BCUT2D eigenvalue weighted by Crippen LogP contribution is 2.33. The van der Waals surface area contributed by atoms with Crippen LogP contribution >= 0.6 is 0 Å². The van der Waals surface area contributed by atoms with Crippen LogP contribution in [0, 0.1) is 0 Å². The number of nitrogens with zero attached hydrogens (tertiary/aromatic N) is 3. The highest BCUT2D eigenvalue weighted by atomic mass is 32.2. The first-order valence-corrected chi connectivity index (χ1v) is 10.7. The number of alkyl halides is 3. The van der Waals surface area contributed by atoms with Crippen molar-refractivity contribution in [3.63, 3.8) is 0 Å². The second-order valence-electron chi connectivity index (χ2n) is 7.29. The van der Waals surface area contributed by atoms with Crippen LogP contribution in [0.5, 0.6) is 0 Å². The lowest BCUT2D eigenvalue weighted by molar-refractivity contribution is -0.141. The van der Waals surface area contributed by atoms with Crippen LogP contribution in [0.1, 0.15) is 31.0 Å². The van der Waals surface area contributed by atoms with Gasteiger partial charge in [-0.05, 0) is 35.7 Å². The summed E-state index contributed by atoms with van der Waals surface area (Å²) in [5.74, 6) is 0.287. The maximum Gasteiger partial charge on any atom is 0.435 e. The normalized spacial score (nSPS) is 13.0. The number of benzene rings is 2. The number of hydrogen-bond donors (Lipinski definition) is 1. The van der Waals surface area contributed by atoms with Gasteiger partial charge in [-0.15, -0.1) is 0 Å². The summed E-state index contributed by atoms with van der Waals surface area (Å²) in [6.45, 7) is 4.09. The maximum atomic E-state index is 13.4. The smallest absolute Gasteiger partial charge is 0.285 e. The number of halogens is 3. The predicted octanol–water partition coefficient (Wildman–Crippen LogP) is 5.70. The van der Waals surface area contributed by atoms with Crippen LogP contribution in [0.25, 0.3) is 16.5 Å². The van der Waals surface area contributed by atoms with E-state index in [4.69, 9.17) is 0 Å². The molecule has 0 radical (unpaired) electrons. The molecule has 160 valence electrons. The number of hydrogen-bond acceptors (Lipinski definition) is 3. The Bertz CT molecular complexity index is 1240. The quantitative estimate of drug-likeness (QED) is 0.430. The summed E-state index contributed by atoms with van der Waals surface area (Å²) in [7, 11) is -1.78. The fraction of sp³-hybridized carbons (Fsp3) is 0.182. The van der Waals surface area contributed by atoms with Crippen molar-refractivity contribution >= 4 is 27.6 Å². The third-order valence-electron chi connectivity index (χ3n) is 4.84. The summed E-state index contributed by atoms with van der Waals surface area (Å²) < 4.78 is 56.9. The molecule has 1 atom stereocenters. The second kappa shape index (κ2) is 8.14. The van der Waals surface area contributed by atoms with Gasteiger partial charge in [-0.1, -0.05) is 38.1 Å². The number of fused-ring (bicyclic) bond motifs is 1. The van der Waals surface area contributed by atoms with Crippen LogP contribution in [0.3, 0.4) is 0 Å². The van der Waals surface area contributed by atoms with Crippen molar-refractivity contribution in [2.24, 2.45) is 0 Å². The molecule has 0 saturated carbocycles. The Labute approximate surface area is 179 Å². The lowest BCUT2D eigenvalue weighted by Crippen LogP contribution is -2.10. The highest BCUT2D eigenvalue weighted by Gasteiger charge is 2.35. The van der Waals surface area contributed by atoms with Crippen molar-refractivity contribution in [3.8, 4) is 5.69 Å². The van der Waals surface area contributed by atoms with Crippen LogP contribution in [0.15, 0.2) is 71.9 Å². The zero-order chi connectivity index (χ0) is 22.2. The van der Waals surface area contributed by atoms with E-state index in [0.29, 0.717) is 21.9 Å². The minimum Gasteiger partial charge on any atom is -0.285 e. The summed E-state index contributed by atoms with van der Waals surface area (Å²) in [5.41, 5.74) is 0.424. The molecule has 0 bridgehead atoms. The summed E-state index contributed by atoms with van der Waals surface area (Å²) in [5, 5.41) is 5.18. The molecule has 0 aliphatic heterocycles. The van der Waals surface area contributed by atoms with Crippen LogP contribution in [0.4, 0.5) is 19.0 Å². The molecule has 0 fully saturated rings. The molecule has 9 heteroatoms. The van der Waals surface area contributed by atoms with Gasteiger partial charge in [-0.2, -0.15) is 18.3 Å². The molecular weight excluding hydrogens is 425 g/mol. The average Bonchev–Trinajstić information content (AvgIpc) is 3.17. The van der Waals surface area contributed by atoms with Crippen molar-refractivity contribution in [2.75, 3.05) is 4.72 Å². The Kier molecular flexibility index (Phi) is 5.53. The molecule has 2 aromatic carbocycles. The van der Waals surface area contributed by atoms with Gasteiger partial charge >= 0.3 is 6.18 Å². The maximum absolute atomic E-state index is 13.4. The van der Waals surface area contributed by atoms with Gasteiger partial charge in [0.2, 0.25) is 0 Å². The van der Waals surface area contributed by atoms with E-state index in [1.165, 1.54) is 0 Å². The first-order valence-electron chi connectivity index (χ1n) is 9.53. The molecule has 1 unspecified atom stereocenters. The topological polar surface area (TPSA) is 59.8 Å². The van der Waals surface area contributed by atoms with Gasteiger partial charge in [0.15, 0.2) is 16.7 Å². The lowest BCUT2D eigenvalue weighted by atomic mass is 10.0. The Morgan fingerprint density at radius 3 is 2.48 bits per heavy atom. The van der Waals surface area contributed by atoms with Crippen molar-refractivity contribution < 1.29 is 17.4 Å². The number of nitrogens with one attached hydrogen (secondary N) is 1. The van der Waals surface area contributed by atoms with E-state index in [0.717, 1.165) is 21.7 Å². The molecular formula is C22H19F3N4OS. The van der Waals surface area contributed by atoms with Crippen molar-refractivity contribution in [1.82, 2.24) is 14.8 Å². The van der Waals surface area contributed by atoms with E-state index in [2.05, 4.69) is 14.8 Å². The summed E-state index contributed by atoms with van der Waals surface area (Å²) in [6.07, 6.45) is -1.47. The molecule has 1 N–H and O–H groups in total. The van der Waals surface area contributed by atoms with E-state index >= 15 is 0 Å². The fourth-order valence-corrected chi connectivity index (χ4v) is 4.03. The van der Waals surface area contributed by atoms with Gasteiger partial charge in [0, 0.05) is 29.2 Å². The third-order valence-corrected chi connectivity index (χ3v) is 5.94. The number of pyridine rings is 1. The van der Waals surface area contributed by atoms with Crippen LogP contribution < -0.4 is 4.72 Å². The molecule has 0 amide bonds. The fourth-order valence-electron chi connectivity index (χ4n) is 3.20. The SMILES string of the molecule is CC(C)c1ccc(S(=O)Nc2cc(C(F)(F)F)nn2-c2cccc3cnccc23)cc1. The lowest BCUT2D eigenvalue weighted by Gasteiger charge is -2.12. The van der Waals surface area contributed by atoms with Crippen molar-refractivity contribution in [1.29, 1.82) is 0 Å². The Morgan fingerprint density at radius 2 is 1.81 bits per heavy atom. The number of rotatable bonds is 5. The van der Waals surface area contributed by atoms with Crippen LogP contribution in [0.2, 0.25) is 0 Å². The zero-order valence-corrected chi connectivity index (χ0v) is 17.5. The molecule has 2 aromatic heterocycles. The Hall–Kier alpha value is -3.20. The summed E-state index contributed by atoms with van der Waals surface area (Å²) in [6, 6.07) is 14.8. The highest BCUT2D eigenvalue weighted by molar-refractivity contribution is 7.86. The summed E-state index contributed by atoms with van der Waals surface area (Å²) >= 11 is 0. The van der Waals surface area contributed by atoms with Gasteiger partial charge in [-0.3, -0.25) is 9.71 Å². The van der Waals surface area contributed by atoms with E-state index in [9.17, 15) is 17.4 Å². The molecule has 0 aliphatic rings. The molecule has 31 heavy (non-hydrogen) atoms. The van der Waals surface area contributed by atoms with Gasteiger partial charge in [0.1, 0.15) is 5.82 Å². The molecule has 4 rings (SSSR count). The van der Waals surface area contributed by atoms with Crippen molar-refractivity contribution in [3.05, 3.63) is 78.2 Å². The summed E-state index contributed by atoms with van der Waals surface area (Å²) in [4.78, 5) is 4.50. The second-order valence-corrected chi connectivity index (χ2v) is 8.51. The molecule has 0 spiro atoms. The minimum absolute atomic E-state index is 0.0251. The first-order chi connectivity index (χ1) is 14.7. The zero-order valence-electron chi connectivity index (χ0n) is 16.7. The molecule has 5 nitrogen and oxygen atoms in total. The standard InChI is InChI=1S/C22H19F3N4OS/c1-14(2)15-6-8-17(9-7-15)31(30)28-21-12-20(22(23,24)25)27-29(21)19-5-3-4-16-13-26-11-10-18(16)19/h3-14,28H,1-2H3. The monoisotopic (exact) mass is 444 g/mol. The Morgan fingerprint density at radius 1 is 1.06 bits per heavy atom. The van der Waals surface area contributed by atoms with Crippen LogP contribution in [-0.4, -0.2) is 19.0 Å². The molecule has 0 saturated heterocycles. The third kappa shape index (κ3) is 4.32. The van der Waals surface area contributed by atoms with E-state index in [-0.39, 0.29) is 5.82 Å².